The van der Waals surface area contributed by atoms with Gasteiger partial charge in [0.05, 0.1) is 10.2 Å². The number of fused-ring (bicyclic) bond motifs is 1. The smallest absolute Gasteiger partial charge is 0.274 e. The Morgan fingerprint density at radius 2 is 1.86 bits per heavy atom. The van der Waals surface area contributed by atoms with Crippen molar-refractivity contribution in [3.63, 3.8) is 0 Å². The molecule has 2 aromatic heterocycles. The van der Waals surface area contributed by atoms with Gasteiger partial charge >= 0.3 is 0 Å². The third-order valence-corrected chi connectivity index (χ3v) is 7.12. The minimum atomic E-state index is 0.00777. The van der Waals surface area contributed by atoms with Crippen molar-refractivity contribution in [1.82, 2.24) is 19.7 Å². The SMILES string of the molecule is Cc1ccc(C)c2sc(N3CCC(N(C)C(=O)c4cc(C)n(C)n4)CC3)nc12. The van der Waals surface area contributed by atoms with E-state index in [4.69, 9.17) is 4.98 Å². The van der Waals surface area contributed by atoms with Crippen molar-refractivity contribution >= 4 is 32.6 Å². The molecule has 0 N–H and O–H groups in total. The van der Waals surface area contributed by atoms with Crippen molar-refractivity contribution in [2.75, 3.05) is 25.0 Å². The maximum absolute atomic E-state index is 12.8. The molecule has 7 heteroatoms. The van der Waals surface area contributed by atoms with Crippen molar-refractivity contribution in [1.29, 1.82) is 0 Å². The van der Waals surface area contributed by atoms with E-state index in [0.717, 1.165) is 42.3 Å². The number of amides is 1. The second kappa shape index (κ2) is 7.20. The Morgan fingerprint density at radius 3 is 2.46 bits per heavy atom. The fourth-order valence-corrected chi connectivity index (χ4v) is 5.00. The van der Waals surface area contributed by atoms with E-state index in [1.807, 2.05) is 32.0 Å². The molecule has 0 radical (unpaired) electrons. The molecular formula is C21H27N5OS. The highest BCUT2D eigenvalue weighted by Crippen LogP contribution is 2.34. The summed E-state index contributed by atoms with van der Waals surface area (Å²) in [7, 11) is 3.77. The number of hydrogen-bond donors (Lipinski definition) is 0. The summed E-state index contributed by atoms with van der Waals surface area (Å²) in [6.45, 7) is 8.07. The van der Waals surface area contributed by atoms with E-state index in [9.17, 15) is 4.79 Å². The number of nitrogens with zero attached hydrogens (tertiary/aromatic N) is 5. The first-order chi connectivity index (χ1) is 13.3. The predicted molar refractivity (Wildman–Crippen MR) is 114 cm³/mol. The maximum atomic E-state index is 12.8. The first-order valence-corrected chi connectivity index (χ1v) is 10.6. The Balaban J connectivity index is 1.45. The fraction of sp³-hybridized carbons (Fsp3) is 0.476. The summed E-state index contributed by atoms with van der Waals surface area (Å²) >= 11 is 1.78. The maximum Gasteiger partial charge on any atom is 0.274 e. The van der Waals surface area contributed by atoms with E-state index in [0.29, 0.717) is 5.69 Å². The Morgan fingerprint density at radius 1 is 1.18 bits per heavy atom. The zero-order chi connectivity index (χ0) is 20.0. The van der Waals surface area contributed by atoms with Crippen LogP contribution < -0.4 is 4.90 Å². The summed E-state index contributed by atoms with van der Waals surface area (Å²) in [6.07, 6.45) is 1.89. The lowest BCUT2D eigenvalue weighted by atomic mass is 10.0. The monoisotopic (exact) mass is 397 g/mol. The zero-order valence-electron chi connectivity index (χ0n) is 17.2. The quantitative estimate of drug-likeness (QED) is 0.676. The fourth-order valence-electron chi connectivity index (χ4n) is 3.84. The normalized spacial score (nSPS) is 15.4. The topological polar surface area (TPSA) is 54.3 Å². The average molecular weight is 398 g/mol. The van der Waals surface area contributed by atoms with E-state index in [1.165, 1.54) is 15.8 Å². The molecule has 3 heterocycles. The van der Waals surface area contributed by atoms with E-state index in [-0.39, 0.29) is 11.9 Å². The summed E-state index contributed by atoms with van der Waals surface area (Å²) < 4.78 is 3.04. The molecule has 0 spiro atoms. The third kappa shape index (κ3) is 3.28. The van der Waals surface area contributed by atoms with Crippen LogP contribution in [0.15, 0.2) is 18.2 Å². The van der Waals surface area contributed by atoms with Gasteiger partial charge in [-0.2, -0.15) is 5.10 Å². The molecule has 1 fully saturated rings. The molecule has 28 heavy (non-hydrogen) atoms. The van der Waals surface area contributed by atoms with Crippen molar-refractivity contribution < 1.29 is 4.79 Å². The van der Waals surface area contributed by atoms with Crippen LogP contribution in [0.3, 0.4) is 0 Å². The van der Waals surface area contributed by atoms with E-state index in [1.54, 1.807) is 16.0 Å². The number of piperidine rings is 1. The number of carbonyl (C=O) groups excluding carboxylic acids is 1. The number of carbonyl (C=O) groups is 1. The van der Waals surface area contributed by atoms with Crippen LogP contribution in [0.25, 0.3) is 10.2 Å². The van der Waals surface area contributed by atoms with Crippen LogP contribution in [0.5, 0.6) is 0 Å². The molecule has 4 rings (SSSR count). The van der Waals surface area contributed by atoms with Gasteiger partial charge in [0.15, 0.2) is 10.8 Å². The molecule has 0 unspecified atom stereocenters. The molecule has 148 valence electrons. The number of benzene rings is 1. The number of rotatable bonds is 3. The number of thiazole rings is 1. The second-order valence-corrected chi connectivity index (χ2v) is 8.78. The molecule has 1 aliphatic rings. The van der Waals surface area contributed by atoms with Gasteiger partial charge in [0.2, 0.25) is 0 Å². The first kappa shape index (κ1) is 18.9. The van der Waals surface area contributed by atoms with Gasteiger partial charge in [0, 0.05) is 38.9 Å². The van der Waals surface area contributed by atoms with Crippen molar-refractivity contribution in [2.24, 2.45) is 7.05 Å². The summed E-state index contributed by atoms with van der Waals surface area (Å²) in [5.41, 5.74) is 5.17. The van der Waals surface area contributed by atoms with Gasteiger partial charge in [-0.1, -0.05) is 23.5 Å². The largest absolute Gasteiger partial charge is 0.348 e. The number of anilines is 1. The zero-order valence-corrected chi connectivity index (χ0v) is 18.0. The molecule has 3 aromatic rings. The van der Waals surface area contributed by atoms with Gasteiger partial charge in [-0.05, 0) is 50.8 Å². The highest BCUT2D eigenvalue weighted by Gasteiger charge is 2.28. The molecule has 0 aliphatic carbocycles. The van der Waals surface area contributed by atoms with E-state index >= 15 is 0 Å². The lowest BCUT2D eigenvalue weighted by Crippen LogP contribution is -2.45. The molecule has 1 aliphatic heterocycles. The minimum Gasteiger partial charge on any atom is -0.348 e. The Hall–Kier alpha value is -2.41. The number of aromatic nitrogens is 3. The van der Waals surface area contributed by atoms with Crippen LogP contribution in [-0.2, 0) is 7.05 Å². The van der Waals surface area contributed by atoms with E-state index < -0.39 is 0 Å². The molecular weight excluding hydrogens is 370 g/mol. The average Bonchev–Trinajstić information content (AvgIpc) is 3.29. The summed E-state index contributed by atoms with van der Waals surface area (Å²) in [6, 6.07) is 6.42. The van der Waals surface area contributed by atoms with Crippen LogP contribution in [0, 0.1) is 20.8 Å². The van der Waals surface area contributed by atoms with Crippen LogP contribution >= 0.6 is 11.3 Å². The summed E-state index contributed by atoms with van der Waals surface area (Å²) in [5, 5.41) is 5.43. The lowest BCUT2D eigenvalue weighted by molar-refractivity contribution is 0.0702. The van der Waals surface area contributed by atoms with Gasteiger partial charge in [-0.25, -0.2) is 4.98 Å². The second-order valence-electron chi connectivity index (χ2n) is 7.80. The molecule has 1 amide bonds. The molecule has 0 atom stereocenters. The molecule has 0 saturated carbocycles. The highest BCUT2D eigenvalue weighted by atomic mass is 32.1. The molecule has 0 bridgehead atoms. The summed E-state index contributed by atoms with van der Waals surface area (Å²) in [4.78, 5) is 21.9. The van der Waals surface area contributed by atoms with Gasteiger partial charge < -0.3 is 9.80 Å². The third-order valence-electron chi connectivity index (χ3n) is 5.87. The molecule has 6 nitrogen and oxygen atoms in total. The number of aryl methyl sites for hydroxylation is 4. The van der Waals surface area contributed by atoms with Gasteiger partial charge in [-0.15, -0.1) is 0 Å². The Labute approximate surface area is 169 Å². The van der Waals surface area contributed by atoms with Crippen molar-refractivity contribution in [2.45, 2.75) is 39.7 Å². The Kier molecular flexibility index (Phi) is 4.87. The minimum absolute atomic E-state index is 0.00777. The van der Waals surface area contributed by atoms with Crippen LogP contribution in [0.1, 0.15) is 40.2 Å². The Bertz CT molecular complexity index is 971. The van der Waals surface area contributed by atoms with Gasteiger partial charge in [0.1, 0.15) is 0 Å². The molecule has 1 aromatic carbocycles. The first-order valence-electron chi connectivity index (χ1n) is 9.74. The van der Waals surface area contributed by atoms with Crippen LogP contribution in [-0.4, -0.2) is 51.8 Å². The van der Waals surface area contributed by atoms with Crippen LogP contribution in [0.4, 0.5) is 5.13 Å². The van der Waals surface area contributed by atoms with E-state index in [2.05, 4.69) is 36.0 Å². The van der Waals surface area contributed by atoms with Crippen molar-refractivity contribution in [3.05, 3.63) is 40.7 Å². The number of hydrogen-bond acceptors (Lipinski definition) is 5. The predicted octanol–water partition coefficient (Wildman–Crippen LogP) is 3.70. The highest BCUT2D eigenvalue weighted by molar-refractivity contribution is 7.22. The van der Waals surface area contributed by atoms with Gasteiger partial charge in [0.25, 0.3) is 5.91 Å². The van der Waals surface area contributed by atoms with Crippen LogP contribution in [0.2, 0.25) is 0 Å². The van der Waals surface area contributed by atoms with Gasteiger partial charge in [-0.3, -0.25) is 9.48 Å². The summed E-state index contributed by atoms with van der Waals surface area (Å²) in [5.74, 6) is 0.00777. The lowest BCUT2D eigenvalue weighted by Gasteiger charge is -2.36. The van der Waals surface area contributed by atoms with Crippen molar-refractivity contribution in [3.8, 4) is 0 Å². The standard InChI is InChI=1S/C21H27N5OS/c1-13-6-7-14(2)19-18(13)22-21(28-19)26-10-8-16(9-11-26)24(4)20(27)17-12-15(3)25(5)23-17/h6-7,12,16H,8-11H2,1-5H3. The molecule has 1 saturated heterocycles.